The van der Waals surface area contributed by atoms with Gasteiger partial charge in [0.2, 0.25) is 10.0 Å². The summed E-state index contributed by atoms with van der Waals surface area (Å²) < 4.78 is 31.1. The number of aromatic nitrogens is 1. The average Bonchev–Trinajstić information content (AvgIpc) is 3.05. The first-order valence-corrected chi connectivity index (χ1v) is 12.8. The summed E-state index contributed by atoms with van der Waals surface area (Å²) in [5.74, 6) is 0. The number of sulfonamides is 1. The lowest BCUT2D eigenvalue weighted by atomic mass is 10.0. The van der Waals surface area contributed by atoms with Gasteiger partial charge in [0.15, 0.2) is 0 Å². The minimum absolute atomic E-state index is 0.133. The van der Waals surface area contributed by atoms with Gasteiger partial charge in [-0.1, -0.05) is 64.9 Å². The highest BCUT2D eigenvalue weighted by Gasteiger charge is 2.21. The first kappa shape index (κ1) is 22.7. The first-order chi connectivity index (χ1) is 15.2. The molecule has 0 aliphatic carbocycles. The third-order valence-electron chi connectivity index (χ3n) is 5.47. The maximum atomic E-state index is 13.1. The van der Waals surface area contributed by atoms with Crippen LogP contribution in [0.1, 0.15) is 35.2 Å². The van der Waals surface area contributed by atoms with Crippen molar-refractivity contribution < 1.29 is 8.42 Å². The number of rotatable bonds is 6. The van der Waals surface area contributed by atoms with Gasteiger partial charge in [-0.05, 0) is 61.7 Å². The second-order valence-corrected chi connectivity index (χ2v) is 11.0. The van der Waals surface area contributed by atoms with E-state index in [4.69, 9.17) is 11.6 Å². The van der Waals surface area contributed by atoms with E-state index in [-0.39, 0.29) is 15.8 Å². The Morgan fingerprint density at radius 2 is 1.81 bits per heavy atom. The molecule has 0 unspecified atom stereocenters. The van der Waals surface area contributed by atoms with Crippen LogP contribution in [-0.4, -0.2) is 13.0 Å². The zero-order chi connectivity index (χ0) is 23.0. The summed E-state index contributed by atoms with van der Waals surface area (Å²) in [5.41, 5.74) is 4.54. The molecule has 0 saturated heterocycles. The van der Waals surface area contributed by atoms with Crippen molar-refractivity contribution >= 4 is 43.2 Å². The SMILES string of the molecule is Cc1ccc(C)c([C@H](C)NS(=O)(=O)c2ccc3c(c2)sc(=O)n3Cc2ccccc2Cl)c1. The highest BCUT2D eigenvalue weighted by atomic mass is 35.5. The van der Waals surface area contributed by atoms with Gasteiger partial charge in [0, 0.05) is 11.1 Å². The van der Waals surface area contributed by atoms with E-state index in [1.807, 2.05) is 57.2 Å². The van der Waals surface area contributed by atoms with E-state index in [0.29, 0.717) is 21.8 Å². The van der Waals surface area contributed by atoms with Crippen LogP contribution in [0.5, 0.6) is 0 Å². The van der Waals surface area contributed by atoms with Crippen molar-refractivity contribution in [3.8, 4) is 0 Å². The summed E-state index contributed by atoms with van der Waals surface area (Å²) >= 11 is 7.28. The normalized spacial score (nSPS) is 12.9. The number of nitrogens with zero attached hydrogens (tertiary/aromatic N) is 1. The van der Waals surface area contributed by atoms with Crippen LogP contribution in [0.3, 0.4) is 0 Å². The zero-order valence-corrected chi connectivity index (χ0v) is 20.3. The number of aryl methyl sites for hydroxylation is 2. The molecule has 4 rings (SSSR count). The third kappa shape index (κ3) is 4.52. The Labute approximate surface area is 196 Å². The van der Waals surface area contributed by atoms with Gasteiger partial charge in [0.1, 0.15) is 0 Å². The van der Waals surface area contributed by atoms with Crippen LogP contribution >= 0.6 is 22.9 Å². The van der Waals surface area contributed by atoms with Gasteiger partial charge in [-0.25, -0.2) is 13.1 Å². The lowest BCUT2D eigenvalue weighted by Crippen LogP contribution is -2.27. The Hall–Kier alpha value is -2.45. The largest absolute Gasteiger partial charge is 0.308 e. The first-order valence-electron chi connectivity index (χ1n) is 10.1. The average molecular weight is 487 g/mol. The van der Waals surface area contributed by atoms with Crippen molar-refractivity contribution in [1.82, 2.24) is 9.29 Å². The van der Waals surface area contributed by atoms with E-state index in [2.05, 4.69) is 4.72 Å². The Balaban J connectivity index is 1.66. The van der Waals surface area contributed by atoms with E-state index >= 15 is 0 Å². The Bertz CT molecular complexity index is 1470. The summed E-state index contributed by atoms with van der Waals surface area (Å²) in [6, 6.07) is 17.7. The predicted molar refractivity (Wildman–Crippen MR) is 131 cm³/mol. The molecule has 0 bridgehead atoms. The quantitative estimate of drug-likeness (QED) is 0.395. The Morgan fingerprint density at radius 3 is 2.56 bits per heavy atom. The molecule has 8 heteroatoms. The van der Waals surface area contributed by atoms with Crippen molar-refractivity contribution in [2.45, 2.75) is 38.3 Å². The van der Waals surface area contributed by atoms with Gasteiger partial charge >= 0.3 is 4.87 Å². The van der Waals surface area contributed by atoms with Crippen LogP contribution in [0.15, 0.2) is 70.4 Å². The molecule has 166 valence electrons. The van der Waals surface area contributed by atoms with Gasteiger partial charge in [-0.3, -0.25) is 9.36 Å². The molecule has 0 aliphatic rings. The fraction of sp³-hybridized carbons (Fsp3) is 0.208. The molecule has 0 saturated carbocycles. The van der Waals surface area contributed by atoms with Gasteiger partial charge in [-0.2, -0.15) is 0 Å². The molecule has 0 radical (unpaired) electrons. The highest BCUT2D eigenvalue weighted by molar-refractivity contribution is 7.89. The van der Waals surface area contributed by atoms with Crippen LogP contribution < -0.4 is 9.60 Å². The predicted octanol–water partition coefficient (Wildman–Crippen LogP) is 5.42. The molecule has 0 amide bonds. The number of benzene rings is 3. The van der Waals surface area contributed by atoms with Crippen molar-refractivity contribution in [1.29, 1.82) is 0 Å². The fourth-order valence-corrected chi connectivity index (χ4v) is 6.20. The topological polar surface area (TPSA) is 68.2 Å². The summed E-state index contributed by atoms with van der Waals surface area (Å²) in [7, 11) is -3.77. The molecule has 3 aromatic carbocycles. The van der Waals surface area contributed by atoms with E-state index in [1.165, 1.54) is 6.07 Å². The molecular weight excluding hydrogens is 464 g/mol. The van der Waals surface area contributed by atoms with Crippen molar-refractivity contribution in [2.24, 2.45) is 0 Å². The van der Waals surface area contributed by atoms with Crippen molar-refractivity contribution in [3.63, 3.8) is 0 Å². The molecule has 0 aliphatic heterocycles. The molecule has 0 spiro atoms. The third-order valence-corrected chi connectivity index (χ3v) is 8.32. The number of hydrogen-bond donors (Lipinski definition) is 1. The Kier molecular flexibility index (Phi) is 6.27. The molecule has 1 N–H and O–H groups in total. The van der Waals surface area contributed by atoms with Crippen LogP contribution in [-0.2, 0) is 16.6 Å². The maximum Gasteiger partial charge on any atom is 0.308 e. The van der Waals surface area contributed by atoms with Crippen LogP contribution in [0.4, 0.5) is 0 Å². The highest BCUT2D eigenvalue weighted by Crippen LogP contribution is 2.26. The van der Waals surface area contributed by atoms with Crippen molar-refractivity contribution in [3.05, 3.63) is 97.6 Å². The van der Waals surface area contributed by atoms with Gasteiger partial charge < -0.3 is 0 Å². The second kappa shape index (κ2) is 8.83. The molecule has 5 nitrogen and oxygen atoms in total. The smallest absolute Gasteiger partial charge is 0.294 e. The number of fused-ring (bicyclic) bond motifs is 1. The lowest BCUT2D eigenvalue weighted by molar-refractivity contribution is 0.566. The standard InChI is InChI=1S/C24H23ClN2O3S2/c1-15-8-9-16(2)20(12-15)17(3)26-32(29,30)19-10-11-22-23(13-19)31-24(28)27(22)14-18-6-4-5-7-21(18)25/h4-13,17,26H,14H2,1-3H3/t17-/m0/s1. The summed E-state index contributed by atoms with van der Waals surface area (Å²) in [5, 5.41) is 0.586. The molecular formula is C24H23ClN2O3S2. The number of thiazole rings is 1. The minimum atomic E-state index is -3.77. The Morgan fingerprint density at radius 1 is 1.06 bits per heavy atom. The number of hydrogen-bond acceptors (Lipinski definition) is 4. The lowest BCUT2D eigenvalue weighted by Gasteiger charge is -2.17. The van der Waals surface area contributed by atoms with E-state index < -0.39 is 10.0 Å². The molecule has 1 aromatic heterocycles. The maximum absolute atomic E-state index is 13.1. The molecule has 0 fully saturated rings. The summed E-state index contributed by atoms with van der Waals surface area (Å²) in [4.78, 5) is 12.6. The number of nitrogens with one attached hydrogen (secondary N) is 1. The van der Waals surface area contributed by atoms with Gasteiger partial charge in [0.25, 0.3) is 0 Å². The van der Waals surface area contributed by atoms with Crippen LogP contribution in [0.2, 0.25) is 5.02 Å². The number of halogens is 1. The summed E-state index contributed by atoms with van der Waals surface area (Å²) in [6.07, 6.45) is 0. The van der Waals surface area contributed by atoms with E-state index in [0.717, 1.165) is 33.6 Å². The molecule has 32 heavy (non-hydrogen) atoms. The second-order valence-electron chi connectivity index (χ2n) is 7.88. The minimum Gasteiger partial charge on any atom is -0.294 e. The molecule has 1 heterocycles. The van der Waals surface area contributed by atoms with E-state index in [1.54, 1.807) is 22.8 Å². The monoisotopic (exact) mass is 486 g/mol. The summed E-state index contributed by atoms with van der Waals surface area (Å²) in [6.45, 7) is 6.10. The van der Waals surface area contributed by atoms with Gasteiger partial charge in [0.05, 0.1) is 21.7 Å². The van der Waals surface area contributed by atoms with Crippen LogP contribution in [0, 0.1) is 13.8 Å². The van der Waals surface area contributed by atoms with Crippen LogP contribution in [0.25, 0.3) is 10.2 Å². The fourth-order valence-electron chi connectivity index (χ4n) is 3.75. The van der Waals surface area contributed by atoms with Crippen molar-refractivity contribution in [2.75, 3.05) is 0 Å². The molecule has 1 atom stereocenters. The van der Waals surface area contributed by atoms with E-state index in [9.17, 15) is 13.2 Å². The van der Waals surface area contributed by atoms with Gasteiger partial charge in [-0.15, -0.1) is 0 Å². The zero-order valence-electron chi connectivity index (χ0n) is 17.9. The molecule has 4 aromatic rings.